The normalized spacial score (nSPS) is 7.90. The van der Waals surface area contributed by atoms with E-state index in [2.05, 4.69) is 5.32 Å². The fraction of sp³-hybridized carbons (Fsp3) is 0.625. The van der Waals surface area contributed by atoms with Gasteiger partial charge in [0.05, 0.1) is 0 Å². The Labute approximate surface area is 64.3 Å². The Morgan fingerprint density at radius 3 is 1.70 bits per heavy atom. The Morgan fingerprint density at radius 1 is 1.40 bits per heavy atom. The molecule has 0 saturated heterocycles. The maximum atomic E-state index is 8.00. The molecule has 0 aromatic carbocycles. The van der Waals surface area contributed by atoms with Gasteiger partial charge in [-0.25, -0.2) is 0 Å². The van der Waals surface area contributed by atoms with Crippen molar-refractivity contribution in [1.82, 2.24) is 5.32 Å². The SMILES string of the molecule is C/C=C(\C)NC.C=O.CC. The van der Waals surface area contributed by atoms with Gasteiger partial charge >= 0.3 is 0 Å². The largest absolute Gasteiger partial charge is 0.392 e. The zero-order chi connectivity index (χ0) is 8.99. The summed E-state index contributed by atoms with van der Waals surface area (Å²) in [6, 6.07) is 0. The lowest BCUT2D eigenvalue weighted by Gasteiger charge is -1.91. The number of hydrogen-bond donors (Lipinski definition) is 1. The molecule has 0 aliphatic rings. The number of allylic oxidation sites excluding steroid dienone is 2. The van der Waals surface area contributed by atoms with Gasteiger partial charge in [-0.2, -0.15) is 0 Å². The van der Waals surface area contributed by atoms with Gasteiger partial charge in [-0.3, -0.25) is 0 Å². The molecule has 2 heteroatoms. The van der Waals surface area contributed by atoms with E-state index in [1.54, 1.807) is 0 Å². The van der Waals surface area contributed by atoms with Gasteiger partial charge in [-0.1, -0.05) is 19.9 Å². The zero-order valence-corrected chi connectivity index (χ0v) is 7.69. The Balaban J connectivity index is -0.000000105. The molecule has 0 spiro atoms. The molecule has 0 saturated carbocycles. The third kappa shape index (κ3) is 27.0. The lowest BCUT2D eigenvalue weighted by Crippen LogP contribution is -1.99. The zero-order valence-electron chi connectivity index (χ0n) is 7.69. The summed E-state index contributed by atoms with van der Waals surface area (Å²) in [7, 11) is 1.91. The first-order chi connectivity index (χ1) is 4.81. The molecule has 0 aromatic heterocycles. The first-order valence-corrected chi connectivity index (χ1v) is 3.40. The lowest BCUT2D eigenvalue weighted by atomic mass is 10.5. The fourth-order valence-electron chi connectivity index (χ4n) is 0.144. The third-order valence-electron chi connectivity index (χ3n) is 0.827. The summed E-state index contributed by atoms with van der Waals surface area (Å²) < 4.78 is 0. The first kappa shape index (κ1) is 16.1. The van der Waals surface area contributed by atoms with E-state index in [1.807, 2.05) is 47.6 Å². The number of nitrogens with one attached hydrogen (secondary N) is 1. The molecule has 0 aliphatic carbocycles. The average molecular weight is 145 g/mol. The molecule has 0 atom stereocenters. The van der Waals surface area contributed by atoms with Crippen molar-refractivity contribution in [3.8, 4) is 0 Å². The van der Waals surface area contributed by atoms with Crippen molar-refractivity contribution < 1.29 is 4.79 Å². The topological polar surface area (TPSA) is 29.1 Å². The molecular weight excluding hydrogens is 126 g/mol. The summed E-state index contributed by atoms with van der Waals surface area (Å²) >= 11 is 0. The van der Waals surface area contributed by atoms with Crippen molar-refractivity contribution in [3.63, 3.8) is 0 Å². The van der Waals surface area contributed by atoms with E-state index >= 15 is 0 Å². The summed E-state index contributed by atoms with van der Waals surface area (Å²) in [5.41, 5.74) is 1.22. The summed E-state index contributed by atoms with van der Waals surface area (Å²) in [5, 5.41) is 2.98. The standard InChI is InChI=1S/C5H11N.C2H6.CH2O/c1-4-5(2)6-3;2*1-2/h4,6H,1-3H3;1-2H3;1H2/b5-4+;;. The molecule has 62 valence electrons. The van der Waals surface area contributed by atoms with Gasteiger partial charge in [0, 0.05) is 12.7 Å². The molecule has 0 heterocycles. The van der Waals surface area contributed by atoms with Crippen LogP contribution in [0.15, 0.2) is 11.8 Å². The van der Waals surface area contributed by atoms with Gasteiger partial charge in [0.15, 0.2) is 0 Å². The summed E-state index contributed by atoms with van der Waals surface area (Å²) in [6.45, 7) is 10.0. The van der Waals surface area contributed by atoms with Crippen LogP contribution in [0.2, 0.25) is 0 Å². The van der Waals surface area contributed by atoms with Crippen LogP contribution in [-0.4, -0.2) is 13.8 Å². The molecule has 0 unspecified atom stereocenters. The second-order valence-electron chi connectivity index (χ2n) is 1.22. The van der Waals surface area contributed by atoms with Crippen molar-refractivity contribution in [2.45, 2.75) is 27.7 Å². The second-order valence-corrected chi connectivity index (χ2v) is 1.22. The van der Waals surface area contributed by atoms with E-state index in [0.29, 0.717) is 0 Å². The van der Waals surface area contributed by atoms with Crippen molar-refractivity contribution >= 4 is 6.79 Å². The Morgan fingerprint density at radius 2 is 1.70 bits per heavy atom. The monoisotopic (exact) mass is 145 g/mol. The van der Waals surface area contributed by atoms with E-state index in [-0.39, 0.29) is 0 Å². The van der Waals surface area contributed by atoms with E-state index in [9.17, 15) is 0 Å². The summed E-state index contributed by atoms with van der Waals surface area (Å²) in [5.74, 6) is 0. The minimum absolute atomic E-state index is 1.22. The summed E-state index contributed by atoms with van der Waals surface area (Å²) in [6.07, 6.45) is 2.03. The van der Waals surface area contributed by atoms with Crippen LogP contribution < -0.4 is 5.32 Å². The quantitative estimate of drug-likeness (QED) is 0.611. The van der Waals surface area contributed by atoms with E-state index < -0.39 is 0 Å². The van der Waals surface area contributed by atoms with Crippen LogP contribution in [0.5, 0.6) is 0 Å². The molecular formula is C8H19NO. The maximum Gasteiger partial charge on any atom is 0.106 e. The molecule has 0 fully saturated rings. The van der Waals surface area contributed by atoms with Gasteiger partial charge in [0.1, 0.15) is 6.79 Å². The number of carbonyl (C=O) groups is 1. The van der Waals surface area contributed by atoms with Crippen LogP contribution in [0.3, 0.4) is 0 Å². The third-order valence-corrected chi connectivity index (χ3v) is 0.827. The number of rotatable bonds is 1. The second kappa shape index (κ2) is 24.1. The Bertz CT molecular complexity index is 69.7. The minimum Gasteiger partial charge on any atom is -0.392 e. The highest BCUT2D eigenvalue weighted by Crippen LogP contribution is 1.78. The van der Waals surface area contributed by atoms with Gasteiger partial charge in [0.25, 0.3) is 0 Å². The molecule has 1 N–H and O–H groups in total. The van der Waals surface area contributed by atoms with E-state index in [0.717, 1.165) is 0 Å². The summed E-state index contributed by atoms with van der Waals surface area (Å²) in [4.78, 5) is 8.00. The molecule has 10 heavy (non-hydrogen) atoms. The molecule has 0 radical (unpaired) electrons. The van der Waals surface area contributed by atoms with Crippen molar-refractivity contribution in [3.05, 3.63) is 11.8 Å². The first-order valence-electron chi connectivity index (χ1n) is 3.40. The van der Waals surface area contributed by atoms with Crippen LogP contribution in [0.25, 0.3) is 0 Å². The Kier molecular flexibility index (Phi) is 38.8. The minimum atomic E-state index is 1.22. The smallest absolute Gasteiger partial charge is 0.106 e. The molecule has 0 rings (SSSR count). The van der Waals surface area contributed by atoms with E-state index in [1.165, 1.54) is 5.70 Å². The predicted octanol–water partition coefficient (Wildman–Crippen LogP) is 1.97. The lowest BCUT2D eigenvalue weighted by molar-refractivity contribution is -0.0979. The van der Waals surface area contributed by atoms with Crippen LogP contribution >= 0.6 is 0 Å². The number of carbonyl (C=O) groups excluding carboxylic acids is 1. The van der Waals surface area contributed by atoms with Crippen LogP contribution in [-0.2, 0) is 4.79 Å². The molecule has 0 aliphatic heterocycles. The molecule has 2 nitrogen and oxygen atoms in total. The van der Waals surface area contributed by atoms with Crippen LogP contribution in [0.4, 0.5) is 0 Å². The fourth-order valence-corrected chi connectivity index (χ4v) is 0.144. The highest BCUT2D eigenvalue weighted by Gasteiger charge is 1.69. The molecule has 0 bridgehead atoms. The van der Waals surface area contributed by atoms with Crippen molar-refractivity contribution in [2.24, 2.45) is 0 Å². The van der Waals surface area contributed by atoms with Crippen molar-refractivity contribution in [2.75, 3.05) is 7.05 Å². The highest BCUT2D eigenvalue weighted by molar-refractivity contribution is 5.10. The maximum absolute atomic E-state index is 8.00. The molecule has 0 amide bonds. The van der Waals surface area contributed by atoms with Crippen LogP contribution in [0.1, 0.15) is 27.7 Å². The predicted molar refractivity (Wildman–Crippen MR) is 47.0 cm³/mol. The van der Waals surface area contributed by atoms with Crippen molar-refractivity contribution in [1.29, 1.82) is 0 Å². The van der Waals surface area contributed by atoms with Gasteiger partial charge in [-0.15, -0.1) is 0 Å². The Hall–Kier alpha value is -0.790. The highest BCUT2D eigenvalue weighted by atomic mass is 16.1. The number of hydrogen-bond acceptors (Lipinski definition) is 2. The van der Waals surface area contributed by atoms with E-state index in [4.69, 9.17) is 4.79 Å². The molecule has 0 aromatic rings. The van der Waals surface area contributed by atoms with Gasteiger partial charge in [0.2, 0.25) is 0 Å². The van der Waals surface area contributed by atoms with Gasteiger partial charge < -0.3 is 10.1 Å². The van der Waals surface area contributed by atoms with Crippen LogP contribution in [0, 0.1) is 0 Å². The van der Waals surface area contributed by atoms with Gasteiger partial charge in [-0.05, 0) is 13.8 Å². The average Bonchev–Trinajstić information content (AvgIpc) is 2.10.